The van der Waals surface area contributed by atoms with E-state index >= 15 is 0 Å². The zero-order valence-electron chi connectivity index (χ0n) is 11.8. The molecular weight excluding hydrogens is 279 g/mol. The molecule has 2 nitrogen and oxygen atoms in total. The van der Waals surface area contributed by atoms with Gasteiger partial charge in [0.1, 0.15) is 5.41 Å². The first kappa shape index (κ1) is 15.6. The van der Waals surface area contributed by atoms with E-state index < -0.39 is 23.9 Å². The molecule has 0 aromatic carbocycles. The molecule has 1 amide bonds. The predicted molar refractivity (Wildman–Crippen MR) is 75.1 cm³/mol. The Balaban J connectivity index is 2.58. The number of amides is 1. The summed E-state index contributed by atoms with van der Waals surface area (Å²) in [7, 11) is 0. The third-order valence-electron chi connectivity index (χ3n) is 3.84. The molecule has 2 aliphatic rings. The van der Waals surface area contributed by atoms with Crippen molar-refractivity contribution in [3.8, 4) is 0 Å². The maximum Gasteiger partial charge on any atom is 0.402 e. The van der Waals surface area contributed by atoms with Crippen molar-refractivity contribution in [2.45, 2.75) is 32.4 Å². The molecule has 1 atom stereocenters. The van der Waals surface area contributed by atoms with Gasteiger partial charge in [0.15, 0.2) is 0 Å². The number of piperidine rings is 1. The number of hydrogen-bond donors (Lipinski definition) is 1. The minimum Gasteiger partial charge on any atom is -0.326 e. The second-order valence-corrected chi connectivity index (χ2v) is 5.41. The fourth-order valence-corrected chi connectivity index (χ4v) is 2.52. The molecule has 1 N–H and O–H groups in total. The van der Waals surface area contributed by atoms with Crippen LogP contribution in [-0.4, -0.2) is 12.1 Å². The van der Waals surface area contributed by atoms with Gasteiger partial charge in [0.2, 0.25) is 5.91 Å². The molecule has 1 aliphatic carbocycles. The Morgan fingerprint density at radius 2 is 2.05 bits per heavy atom. The van der Waals surface area contributed by atoms with Crippen LogP contribution in [0.3, 0.4) is 0 Å². The van der Waals surface area contributed by atoms with Gasteiger partial charge in [-0.15, -0.1) is 0 Å². The van der Waals surface area contributed by atoms with E-state index in [1.165, 1.54) is 24.3 Å². The van der Waals surface area contributed by atoms with Gasteiger partial charge in [0.05, 0.1) is 0 Å². The summed E-state index contributed by atoms with van der Waals surface area (Å²) in [4.78, 5) is 11.8. The molecule has 2 rings (SSSR count). The normalized spacial score (nSPS) is 31.0. The molecule has 2 fully saturated rings. The van der Waals surface area contributed by atoms with E-state index in [1.807, 2.05) is 0 Å². The Bertz CT molecular complexity index is 538. The lowest BCUT2D eigenvalue weighted by Gasteiger charge is -2.39. The highest BCUT2D eigenvalue weighted by atomic mass is 19.4. The topological polar surface area (TPSA) is 29.1 Å². The van der Waals surface area contributed by atoms with Gasteiger partial charge < -0.3 is 5.32 Å². The van der Waals surface area contributed by atoms with Crippen LogP contribution in [0.2, 0.25) is 0 Å². The van der Waals surface area contributed by atoms with Crippen molar-refractivity contribution in [1.29, 1.82) is 0 Å². The molecule has 0 aromatic heterocycles. The number of hydrogen-bond acceptors (Lipinski definition) is 1. The minimum absolute atomic E-state index is 0.0454. The third-order valence-corrected chi connectivity index (χ3v) is 3.84. The van der Waals surface area contributed by atoms with E-state index in [0.29, 0.717) is 0 Å². The highest BCUT2D eigenvalue weighted by Gasteiger charge is 2.58. The maximum atomic E-state index is 13.8. The summed E-state index contributed by atoms with van der Waals surface area (Å²) in [6.07, 6.45) is 3.55. The SMILES string of the molecule is C=C/C=C1\C(=C/C)NC(=O)CC1(/C=C\C1CC1)C(F)(F)F. The molecule has 1 aliphatic heterocycles. The van der Waals surface area contributed by atoms with Gasteiger partial charge in [-0.2, -0.15) is 13.2 Å². The molecule has 0 radical (unpaired) electrons. The monoisotopic (exact) mass is 297 g/mol. The van der Waals surface area contributed by atoms with Gasteiger partial charge >= 0.3 is 6.18 Å². The molecule has 1 saturated heterocycles. The van der Waals surface area contributed by atoms with Crippen molar-refractivity contribution in [2.24, 2.45) is 11.3 Å². The first-order valence-electron chi connectivity index (χ1n) is 6.90. The van der Waals surface area contributed by atoms with Gasteiger partial charge in [-0.05, 0) is 31.3 Å². The number of halogens is 3. The standard InChI is InChI=1S/C16H18F3NO/c1-3-5-12-13(4-2)20-14(21)10-15(12,16(17,18)19)9-8-11-6-7-11/h3-5,8-9,11H,1,6-7,10H2,2H3,(H,20,21)/b9-8-,12-5+,13-4+. The van der Waals surface area contributed by atoms with Crippen LogP contribution in [0.25, 0.3) is 0 Å². The van der Waals surface area contributed by atoms with E-state index in [0.717, 1.165) is 12.8 Å². The lowest BCUT2D eigenvalue weighted by molar-refractivity contribution is -0.197. The van der Waals surface area contributed by atoms with Gasteiger partial charge in [0.25, 0.3) is 0 Å². The molecule has 1 unspecified atom stereocenters. The van der Waals surface area contributed by atoms with Gasteiger partial charge in [-0.1, -0.05) is 37.0 Å². The summed E-state index contributed by atoms with van der Waals surface area (Å²) >= 11 is 0. The van der Waals surface area contributed by atoms with E-state index in [-0.39, 0.29) is 17.2 Å². The first-order chi connectivity index (χ1) is 9.84. The van der Waals surface area contributed by atoms with E-state index in [9.17, 15) is 18.0 Å². The number of allylic oxidation sites excluding steroid dienone is 6. The summed E-state index contributed by atoms with van der Waals surface area (Å²) in [6.45, 7) is 5.09. The lowest BCUT2D eigenvalue weighted by Crippen LogP contribution is -2.48. The van der Waals surface area contributed by atoms with Gasteiger partial charge in [0, 0.05) is 12.1 Å². The number of carbonyl (C=O) groups excluding carboxylic acids is 1. The molecule has 1 heterocycles. The Morgan fingerprint density at radius 3 is 2.52 bits per heavy atom. The fourth-order valence-electron chi connectivity index (χ4n) is 2.52. The van der Waals surface area contributed by atoms with E-state index in [2.05, 4.69) is 11.9 Å². The molecular formula is C16H18F3NO. The Labute approximate surface area is 122 Å². The summed E-state index contributed by atoms with van der Waals surface area (Å²) in [6, 6.07) is 0. The average Bonchev–Trinajstić information content (AvgIpc) is 3.21. The molecule has 21 heavy (non-hydrogen) atoms. The van der Waals surface area contributed by atoms with E-state index in [4.69, 9.17) is 0 Å². The van der Waals surface area contributed by atoms with Crippen LogP contribution in [0, 0.1) is 11.3 Å². The number of nitrogens with one attached hydrogen (secondary N) is 1. The molecule has 1 saturated carbocycles. The van der Waals surface area contributed by atoms with Crippen LogP contribution in [0.1, 0.15) is 26.2 Å². The van der Waals surface area contributed by atoms with Crippen molar-refractivity contribution >= 4 is 5.91 Å². The second-order valence-electron chi connectivity index (χ2n) is 5.41. The highest BCUT2D eigenvalue weighted by molar-refractivity contribution is 5.83. The third kappa shape index (κ3) is 2.96. The lowest BCUT2D eigenvalue weighted by atomic mass is 9.71. The maximum absolute atomic E-state index is 13.8. The van der Waals surface area contributed by atoms with Crippen molar-refractivity contribution in [3.63, 3.8) is 0 Å². The Hall–Kier alpha value is -1.78. The molecule has 0 aromatic rings. The summed E-state index contributed by atoms with van der Waals surface area (Å²) < 4.78 is 41.4. The van der Waals surface area contributed by atoms with Crippen LogP contribution in [0.15, 0.2) is 48.2 Å². The van der Waals surface area contributed by atoms with Crippen LogP contribution in [-0.2, 0) is 4.79 Å². The van der Waals surface area contributed by atoms with E-state index in [1.54, 1.807) is 13.0 Å². The second kappa shape index (κ2) is 5.54. The number of alkyl halides is 3. The average molecular weight is 297 g/mol. The quantitative estimate of drug-likeness (QED) is 0.783. The van der Waals surface area contributed by atoms with Crippen LogP contribution in [0.4, 0.5) is 13.2 Å². The summed E-state index contributed by atoms with van der Waals surface area (Å²) in [5.41, 5.74) is -2.03. The highest BCUT2D eigenvalue weighted by Crippen LogP contribution is 2.52. The van der Waals surface area contributed by atoms with Crippen LogP contribution < -0.4 is 5.32 Å². The van der Waals surface area contributed by atoms with Gasteiger partial charge in [-0.25, -0.2) is 0 Å². The van der Waals surface area contributed by atoms with Crippen molar-refractivity contribution in [3.05, 3.63) is 48.2 Å². The largest absolute Gasteiger partial charge is 0.402 e. The number of carbonyl (C=O) groups is 1. The fraction of sp³-hybridized carbons (Fsp3) is 0.438. The number of rotatable bonds is 3. The summed E-state index contributed by atoms with van der Waals surface area (Å²) in [5.74, 6) is -0.421. The first-order valence-corrected chi connectivity index (χ1v) is 6.90. The van der Waals surface area contributed by atoms with Crippen molar-refractivity contribution < 1.29 is 18.0 Å². The minimum atomic E-state index is -4.54. The van der Waals surface area contributed by atoms with Gasteiger partial charge in [-0.3, -0.25) is 4.79 Å². The molecule has 5 heteroatoms. The molecule has 0 spiro atoms. The zero-order chi connectivity index (χ0) is 15.7. The summed E-state index contributed by atoms with van der Waals surface area (Å²) in [5, 5.41) is 2.50. The smallest absolute Gasteiger partial charge is 0.326 e. The Kier molecular flexibility index (Phi) is 4.12. The molecule has 0 bridgehead atoms. The van der Waals surface area contributed by atoms with Crippen LogP contribution >= 0.6 is 0 Å². The molecule has 114 valence electrons. The Morgan fingerprint density at radius 1 is 1.38 bits per heavy atom. The van der Waals surface area contributed by atoms with Crippen molar-refractivity contribution in [1.82, 2.24) is 5.32 Å². The zero-order valence-corrected chi connectivity index (χ0v) is 11.8. The predicted octanol–water partition coefficient (Wildman–Crippen LogP) is 4.04. The van der Waals surface area contributed by atoms with Crippen LogP contribution in [0.5, 0.6) is 0 Å². The van der Waals surface area contributed by atoms with Crippen molar-refractivity contribution in [2.75, 3.05) is 0 Å².